The smallest absolute Gasteiger partial charge is 0.0682 e. The zero-order valence-corrected chi connectivity index (χ0v) is 14.3. The first kappa shape index (κ1) is 15.3. The van der Waals surface area contributed by atoms with E-state index in [0.717, 1.165) is 38.6 Å². The van der Waals surface area contributed by atoms with E-state index in [-0.39, 0.29) is 11.6 Å². The van der Waals surface area contributed by atoms with E-state index in [2.05, 4.69) is 25.8 Å². The van der Waals surface area contributed by atoms with Gasteiger partial charge in [0.15, 0.2) is 0 Å². The summed E-state index contributed by atoms with van der Waals surface area (Å²) in [6.07, 6.45) is 8.83. The monoisotopic (exact) mass is 328 g/mol. The summed E-state index contributed by atoms with van der Waals surface area (Å²) in [4.78, 5) is 12.2. The van der Waals surface area contributed by atoms with Gasteiger partial charge >= 0.3 is 0 Å². The third-order valence-corrected chi connectivity index (χ3v) is 6.70. The van der Waals surface area contributed by atoms with Gasteiger partial charge in [0.05, 0.1) is 11.6 Å². The van der Waals surface area contributed by atoms with Gasteiger partial charge in [-0.05, 0) is 30.9 Å². The molecule has 24 heavy (non-hydrogen) atoms. The highest BCUT2D eigenvalue weighted by Gasteiger charge is 2.57. The van der Waals surface area contributed by atoms with Crippen LogP contribution in [-0.2, 0) is 6.54 Å². The lowest BCUT2D eigenvalue weighted by Crippen LogP contribution is -2.79. The summed E-state index contributed by atoms with van der Waals surface area (Å²) in [7, 11) is 0. The lowest BCUT2D eigenvalue weighted by atomic mass is 9.79. The summed E-state index contributed by atoms with van der Waals surface area (Å²) < 4.78 is 0. The molecule has 130 valence electrons. The van der Waals surface area contributed by atoms with Crippen molar-refractivity contribution < 1.29 is 5.11 Å². The van der Waals surface area contributed by atoms with Crippen LogP contribution in [-0.4, -0.2) is 81.2 Å². The Bertz CT molecular complexity index is 584. The number of hydrogen-bond acceptors (Lipinski definition) is 5. The van der Waals surface area contributed by atoms with Crippen molar-refractivity contribution in [1.29, 1.82) is 0 Å². The van der Waals surface area contributed by atoms with Crippen LogP contribution in [0.25, 0.3) is 0 Å². The Morgan fingerprint density at radius 2 is 2.04 bits per heavy atom. The molecule has 2 atom stereocenters. The maximum atomic E-state index is 10.2. The molecule has 5 nitrogen and oxygen atoms in total. The minimum Gasteiger partial charge on any atom is -0.392 e. The SMILES string of the molecule is OC1CC2CN(Cc3cccnc3)CC3(CN(C4CCC4)C3)N2C1. The van der Waals surface area contributed by atoms with E-state index < -0.39 is 0 Å². The van der Waals surface area contributed by atoms with Gasteiger partial charge < -0.3 is 5.11 Å². The molecule has 0 radical (unpaired) electrons. The molecule has 0 bridgehead atoms. The van der Waals surface area contributed by atoms with Crippen molar-refractivity contribution in [2.75, 3.05) is 32.7 Å². The second kappa shape index (κ2) is 5.77. The lowest BCUT2D eigenvalue weighted by Gasteiger charge is -2.63. The van der Waals surface area contributed by atoms with Gasteiger partial charge in [-0.1, -0.05) is 12.5 Å². The molecule has 3 aliphatic heterocycles. The minimum atomic E-state index is -0.136. The number of aliphatic hydroxyl groups is 1. The molecule has 4 fully saturated rings. The highest BCUT2D eigenvalue weighted by atomic mass is 16.3. The first-order chi connectivity index (χ1) is 11.7. The van der Waals surface area contributed by atoms with Gasteiger partial charge in [0.25, 0.3) is 0 Å². The number of β-amino-alcohol motifs (C(OH)–C–C–N with tert-alkyl or cyclic N) is 1. The van der Waals surface area contributed by atoms with E-state index in [1.165, 1.54) is 37.9 Å². The summed E-state index contributed by atoms with van der Waals surface area (Å²) in [6.45, 7) is 6.48. The average molecular weight is 328 g/mol. The molecule has 0 amide bonds. The van der Waals surface area contributed by atoms with Crippen LogP contribution in [0.3, 0.4) is 0 Å². The third kappa shape index (κ3) is 2.49. The number of rotatable bonds is 3. The van der Waals surface area contributed by atoms with Crippen molar-refractivity contribution in [1.82, 2.24) is 19.7 Å². The lowest BCUT2D eigenvalue weighted by molar-refractivity contribution is -0.136. The molecule has 1 aromatic heterocycles. The topological polar surface area (TPSA) is 42.8 Å². The minimum absolute atomic E-state index is 0.136. The van der Waals surface area contributed by atoms with Crippen LogP contribution in [0.2, 0.25) is 0 Å². The van der Waals surface area contributed by atoms with Gasteiger partial charge in [0.2, 0.25) is 0 Å². The number of fused-ring (bicyclic) bond motifs is 2. The highest BCUT2D eigenvalue weighted by molar-refractivity contribution is 5.16. The molecule has 4 aliphatic rings. The zero-order chi connectivity index (χ0) is 16.1. The molecule has 5 rings (SSSR count). The van der Waals surface area contributed by atoms with Crippen molar-refractivity contribution in [3.63, 3.8) is 0 Å². The Morgan fingerprint density at radius 3 is 2.75 bits per heavy atom. The van der Waals surface area contributed by atoms with E-state index in [9.17, 15) is 5.11 Å². The maximum Gasteiger partial charge on any atom is 0.0682 e. The number of aliphatic hydroxyl groups excluding tert-OH is 1. The summed E-state index contributed by atoms with van der Waals surface area (Å²) in [5.41, 5.74) is 1.58. The number of hydrogen-bond donors (Lipinski definition) is 1. The van der Waals surface area contributed by atoms with Gasteiger partial charge in [-0.3, -0.25) is 19.7 Å². The van der Waals surface area contributed by atoms with Crippen molar-refractivity contribution in [2.24, 2.45) is 0 Å². The Labute approximate surface area is 144 Å². The zero-order valence-electron chi connectivity index (χ0n) is 14.3. The fourth-order valence-electron chi connectivity index (χ4n) is 5.39. The number of piperazine rings is 1. The van der Waals surface area contributed by atoms with Crippen LogP contribution >= 0.6 is 0 Å². The summed E-state index contributed by atoms with van der Waals surface area (Å²) >= 11 is 0. The van der Waals surface area contributed by atoms with E-state index in [4.69, 9.17) is 0 Å². The molecular formula is C19H28N4O. The standard InChI is InChI=1S/C19H28N4O/c24-18-7-17-10-21(9-15-3-2-6-20-8-15)12-19(23(17)11-18)13-22(14-19)16-4-1-5-16/h2-3,6,8,16-18,24H,1,4-5,7,9-14H2. The fourth-order valence-corrected chi connectivity index (χ4v) is 5.39. The number of aromatic nitrogens is 1. The Balaban J connectivity index is 1.32. The first-order valence-electron chi connectivity index (χ1n) is 9.52. The second-order valence-corrected chi connectivity index (χ2v) is 8.44. The van der Waals surface area contributed by atoms with Gasteiger partial charge in [-0.2, -0.15) is 0 Å². The van der Waals surface area contributed by atoms with Crippen LogP contribution in [0.5, 0.6) is 0 Å². The number of likely N-dealkylation sites (tertiary alicyclic amines) is 1. The number of nitrogens with zero attached hydrogens (tertiary/aromatic N) is 4. The predicted molar refractivity (Wildman–Crippen MR) is 92.6 cm³/mol. The Morgan fingerprint density at radius 1 is 1.17 bits per heavy atom. The van der Waals surface area contributed by atoms with Crippen LogP contribution in [0, 0.1) is 0 Å². The summed E-state index contributed by atoms with van der Waals surface area (Å²) in [5.74, 6) is 0. The summed E-state index contributed by atoms with van der Waals surface area (Å²) in [5, 5.41) is 10.2. The summed E-state index contributed by atoms with van der Waals surface area (Å²) in [6, 6.07) is 5.57. The normalized spacial score (nSPS) is 34.0. The largest absolute Gasteiger partial charge is 0.392 e. The van der Waals surface area contributed by atoms with Crippen molar-refractivity contribution in [3.8, 4) is 0 Å². The van der Waals surface area contributed by atoms with Gasteiger partial charge in [0.1, 0.15) is 0 Å². The van der Waals surface area contributed by atoms with Gasteiger partial charge in [-0.15, -0.1) is 0 Å². The molecule has 3 saturated heterocycles. The molecular weight excluding hydrogens is 300 g/mol. The predicted octanol–water partition coefficient (Wildman–Crippen LogP) is 0.939. The molecule has 1 saturated carbocycles. The highest BCUT2D eigenvalue weighted by Crippen LogP contribution is 2.42. The van der Waals surface area contributed by atoms with Crippen molar-refractivity contribution in [3.05, 3.63) is 30.1 Å². The molecule has 1 aromatic rings. The van der Waals surface area contributed by atoms with Crippen LogP contribution in [0.1, 0.15) is 31.2 Å². The first-order valence-corrected chi connectivity index (χ1v) is 9.52. The Hall–Kier alpha value is -1.01. The van der Waals surface area contributed by atoms with Gasteiger partial charge in [0, 0.05) is 63.7 Å². The molecule has 0 aromatic carbocycles. The van der Waals surface area contributed by atoms with Crippen LogP contribution < -0.4 is 0 Å². The molecule has 1 N–H and O–H groups in total. The van der Waals surface area contributed by atoms with E-state index in [1.807, 2.05) is 18.5 Å². The van der Waals surface area contributed by atoms with Crippen LogP contribution in [0.4, 0.5) is 0 Å². The third-order valence-electron chi connectivity index (χ3n) is 6.70. The molecule has 5 heteroatoms. The van der Waals surface area contributed by atoms with Crippen molar-refractivity contribution in [2.45, 2.75) is 56.0 Å². The van der Waals surface area contributed by atoms with Crippen molar-refractivity contribution >= 4 is 0 Å². The quantitative estimate of drug-likeness (QED) is 0.894. The van der Waals surface area contributed by atoms with E-state index >= 15 is 0 Å². The number of pyridine rings is 1. The molecule has 2 unspecified atom stereocenters. The Kier molecular flexibility index (Phi) is 3.67. The second-order valence-electron chi connectivity index (χ2n) is 8.44. The maximum absolute atomic E-state index is 10.2. The van der Waals surface area contributed by atoms with E-state index in [1.54, 1.807) is 0 Å². The average Bonchev–Trinajstić information content (AvgIpc) is 2.85. The molecule has 1 aliphatic carbocycles. The molecule has 1 spiro atoms. The fraction of sp³-hybridized carbons (Fsp3) is 0.737. The molecule has 4 heterocycles. The van der Waals surface area contributed by atoms with Crippen LogP contribution in [0.15, 0.2) is 24.5 Å². The van der Waals surface area contributed by atoms with Gasteiger partial charge in [-0.25, -0.2) is 0 Å². The van der Waals surface area contributed by atoms with E-state index in [0.29, 0.717) is 6.04 Å².